The molecule has 1 fully saturated rings. The molecule has 1 aromatic rings. The lowest BCUT2D eigenvalue weighted by molar-refractivity contribution is 0.571. The van der Waals surface area contributed by atoms with E-state index in [-0.39, 0.29) is 22.3 Å². The van der Waals surface area contributed by atoms with Crippen LogP contribution in [-0.4, -0.2) is 39.4 Å². The molecule has 0 radical (unpaired) electrons. The second kappa shape index (κ2) is 5.35. The first kappa shape index (κ1) is 14.7. The van der Waals surface area contributed by atoms with Crippen molar-refractivity contribution in [3.8, 4) is 0 Å². The van der Waals surface area contributed by atoms with Gasteiger partial charge < -0.3 is 0 Å². The summed E-state index contributed by atoms with van der Waals surface area (Å²) in [5.74, 6) is 0.125. The summed E-state index contributed by atoms with van der Waals surface area (Å²) in [4.78, 5) is 3.67. The molecule has 9 heteroatoms. The average molecular weight is 325 g/mol. The number of halogens is 1. The standard InChI is InChI=1S/C10H13ClN2O4S2/c11-10-6-8(3-4-12-10)19(16,17)13-7-9-2-1-5-18(9,14)15/h3-4,6,9,13H,1-2,5,7H2. The molecule has 1 aromatic heterocycles. The minimum absolute atomic E-state index is 0.0251. The second-order valence-corrected chi connectivity index (χ2v) is 8.85. The van der Waals surface area contributed by atoms with Gasteiger partial charge in [-0.1, -0.05) is 11.6 Å². The van der Waals surface area contributed by atoms with Crippen molar-refractivity contribution in [1.82, 2.24) is 9.71 Å². The first-order valence-electron chi connectivity index (χ1n) is 5.64. The summed E-state index contributed by atoms with van der Waals surface area (Å²) < 4.78 is 49.4. The summed E-state index contributed by atoms with van der Waals surface area (Å²) in [5, 5.41) is -0.573. The molecule has 0 bridgehead atoms. The van der Waals surface area contributed by atoms with Crippen molar-refractivity contribution < 1.29 is 16.8 Å². The van der Waals surface area contributed by atoms with Crippen molar-refractivity contribution in [2.24, 2.45) is 0 Å². The molecule has 1 unspecified atom stereocenters. The Hall–Kier alpha value is -0.700. The van der Waals surface area contributed by atoms with Crippen LogP contribution in [0.4, 0.5) is 0 Å². The summed E-state index contributed by atoms with van der Waals surface area (Å²) in [6.07, 6.45) is 2.35. The number of hydrogen-bond donors (Lipinski definition) is 1. The molecule has 0 aliphatic carbocycles. The van der Waals surface area contributed by atoms with Crippen LogP contribution in [0, 0.1) is 0 Å². The molecule has 1 N–H and O–H groups in total. The van der Waals surface area contributed by atoms with Crippen molar-refractivity contribution in [1.29, 1.82) is 0 Å². The second-order valence-electron chi connectivity index (χ2n) is 4.30. The molecule has 2 rings (SSSR count). The third kappa shape index (κ3) is 3.44. The zero-order valence-corrected chi connectivity index (χ0v) is 12.3. The molecular formula is C10H13ClN2O4S2. The molecule has 1 atom stereocenters. The fraction of sp³-hybridized carbons (Fsp3) is 0.500. The van der Waals surface area contributed by atoms with Crippen LogP contribution >= 0.6 is 11.6 Å². The van der Waals surface area contributed by atoms with E-state index in [1.165, 1.54) is 18.3 Å². The Labute approximate surface area is 117 Å². The zero-order chi connectivity index (χ0) is 14.1. The van der Waals surface area contributed by atoms with Gasteiger partial charge in [-0.3, -0.25) is 0 Å². The van der Waals surface area contributed by atoms with Gasteiger partial charge in [-0.15, -0.1) is 0 Å². The molecule has 0 aromatic carbocycles. The van der Waals surface area contributed by atoms with Gasteiger partial charge in [0.1, 0.15) is 5.15 Å². The minimum Gasteiger partial charge on any atom is -0.244 e. The summed E-state index contributed by atoms with van der Waals surface area (Å²) in [5.41, 5.74) is 0. The predicted octanol–water partition coefficient (Wildman–Crippen LogP) is 0.591. The van der Waals surface area contributed by atoms with Crippen LogP contribution in [0.5, 0.6) is 0 Å². The van der Waals surface area contributed by atoms with E-state index in [0.717, 1.165) is 0 Å². The molecule has 19 heavy (non-hydrogen) atoms. The predicted molar refractivity (Wildman–Crippen MR) is 71.2 cm³/mol. The third-order valence-electron chi connectivity index (χ3n) is 2.97. The van der Waals surface area contributed by atoms with Gasteiger partial charge in [0.2, 0.25) is 10.0 Å². The molecule has 0 amide bonds. The number of nitrogens with zero attached hydrogens (tertiary/aromatic N) is 1. The van der Waals surface area contributed by atoms with Crippen LogP contribution in [0.25, 0.3) is 0 Å². The molecule has 1 aliphatic rings. The summed E-state index contributed by atoms with van der Waals surface area (Å²) >= 11 is 5.62. The Balaban J connectivity index is 2.11. The van der Waals surface area contributed by atoms with Crippen LogP contribution < -0.4 is 4.72 Å². The Morgan fingerprint density at radius 1 is 1.47 bits per heavy atom. The monoisotopic (exact) mass is 324 g/mol. The molecule has 1 saturated heterocycles. The van der Waals surface area contributed by atoms with Gasteiger partial charge in [-0.2, -0.15) is 0 Å². The highest BCUT2D eigenvalue weighted by Gasteiger charge is 2.32. The van der Waals surface area contributed by atoms with E-state index in [1.807, 2.05) is 0 Å². The number of rotatable bonds is 4. The Morgan fingerprint density at radius 3 is 2.79 bits per heavy atom. The zero-order valence-electron chi connectivity index (χ0n) is 9.91. The van der Waals surface area contributed by atoms with Crippen LogP contribution in [-0.2, 0) is 19.9 Å². The third-order valence-corrected chi connectivity index (χ3v) is 6.88. The van der Waals surface area contributed by atoms with E-state index in [4.69, 9.17) is 11.6 Å². The van der Waals surface area contributed by atoms with E-state index in [2.05, 4.69) is 9.71 Å². The van der Waals surface area contributed by atoms with Gasteiger partial charge in [0.05, 0.1) is 15.9 Å². The molecule has 0 saturated carbocycles. The average Bonchev–Trinajstić information content (AvgIpc) is 2.66. The summed E-state index contributed by atoms with van der Waals surface area (Å²) in [6.45, 7) is -0.107. The molecular weight excluding hydrogens is 312 g/mol. The molecule has 106 valence electrons. The van der Waals surface area contributed by atoms with Crippen LogP contribution in [0.3, 0.4) is 0 Å². The SMILES string of the molecule is O=S(=O)(NCC1CCCS1(=O)=O)c1ccnc(Cl)c1. The van der Waals surface area contributed by atoms with Crippen LogP contribution in [0.2, 0.25) is 5.15 Å². The van der Waals surface area contributed by atoms with Crippen LogP contribution in [0.15, 0.2) is 23.2 Å². The highest BCUT2D eigenvalue weighted by atomic mass is 35.5. The number of hydrogen-bond acceptors (Lipinski definition) is 5. The Kier molecular flexibility index (Phi) is 4.14. The lowest BCUT2D eigenvalue weighted by Gasteiger charge is -2.11. The van der Waals surface area contributed by atoms with Gasteiger partial charge in [-0.25, -0.2) is 26.5 Å². The summed E-state index contributed by atoms with van der Waals surface area (Å²) in [6, 6.07) is 2.52. The van der Waals surface area contributed by atoms with Gasteiger partial charge in [0, 0.05) is 12.7 Å². The maximum absolute atomic E-state index is 12.0. The topological polar surface area (TPSA) is 93.2 Å². The van der Waals surface area contributed by atoms with Gasteiger partial charge in [0.15, 0.2) is 9.84 Å². The number of sulfonamides is 1. The first-order chi connectivity index (χ1) is 8.81. The van der Waals surface area contributed by atoms with E-state index in [0.29, 0.717) is 12.8 Å². The van der Waals surface area contributed by atoms with Crippen molar-refractivity contribution in [2.75, 3.05) is 12.3 Å². The number of sulfone groups is 1. The normalized spacial score (nSPS) is 22.5. The lowest BCUT2D eigenvalue weighted by atomic mass is 10.2. The highest BCUT2D eigenvalue weighted by molar-refractivity contribution is 7.92. The highest BCUT2D eigenvalue weighted by Crippen LogP contribution is 2.20. The first-order valence-corrected chi connectivity index (χ1v) is 9.22. The minimum atomic E-state index is -3.76. The molecule has 0 spiro atoms. The van der Waals surface area contributed by atoms with Gasteiger partial charge >= 0.3 is 0 Å². The Morgan fingerprint density at radius 2 is 2.21 bits per heavy atom. The molecule has 2 heterocycles. The van der Waals surface area contributed by atoms with Crippen molar-refractivity contribution >= 4 is 31.5 Å². The van der Waals surface area contributed by atoms with E-state index in [1.54, 1.807) is 0 Å². The maximum Gasteiger partial charge on any atom is 0.240 e. The largest absolute Gasteiger partial charge is 0.244 e. The van der Waals surface area contributed by atoms with E-state index >= 15 is 0 Å². The van der Waals surface area contributed by atoms with E-state index in [9.17, 15) is 16.8 Å². The lowest BCUT2D eigenvalue weighted by Crippen LogP contribution is -2.34. The Bertz CT molecular complexity index is 673. The number of nitrogens with one attached hydrogen (secondary N) is 1. The summed E-state index contributed by atoms with van der Waals surface area (Å²) in [7, 11) is -6.92. The number of aromatic nitrogens is 1. The molecule has 1 aliphatic heterocycles. The van der Waals surface area contributed by atoms with Crippen molar-refractivity contribution in [3.05, 3.63) is 23.5 Å². The fourth-order valence-electron chi connectivity index (χ4n) is 1.93. The maximum atomic E-state index is 12.0. The van der Waals surface area contributed by atoms with Gasteiger partial charge in [-0.05, 0) is 25.0 Å². The van der Waals surface area contributed by atoms with Gasteiger partial charge in [0.25, 0.3) is 0 Å². The quantitative estimate of drug-likeness (QED) is 0.818. The van der Waals surface area contributed by atoms with Crippen molar-refractivity contribution in [3.63, 3.8) is 0 Å². The van der Waals surface area contributed by atoms with Crippen LogP contribution in [0.1, 0.15) is 12.8 Å². The molecule has 6 nitrogen and oxygen atoms in total. The van der Waals surface area contributed by atoms with E-state index < -0.39 is 25.1 Å². The van der Waals surface area contributed by atoms with Crippen molar-refractivity contribution in [2.45, 2.75) is 23.0 Å². The number of pyridine rings is 1. The smallest absolute Gasteiger partial charge is 0.240 e. The fourth-order valence-corrected chi connectivity index (χ4v) is 5.13.